The van der Waals surface area contributed by atoms with Crippen molar-refractivity contribution in [3.63, 3.8) is 0 Å². The predicted molar refractivity (Wildman–Crippen MR) is 140 cm³/mol. The SMILES string of the molecule is O=C(CCN1CCCC1)Nc1ccc2c(=O)c3ccc(NC(=O)CCN4CCCC4)cc3[nH]c2c1. The Bertz CT molecular complexity index is 1190. The molecule has 35 heavy (non-hydrogen) atoms. The molecule has 1 aromatic heterocycles. The van der Waals surface area contributed by atoms with Gasteiger partial charge < -0.3 is 25.4 Å². The van der Waals surface area contributed by atoms with Crippen LogP contribution >= 0.6 is 0 Å². The number of nitrogens with one attached hydrogen (secondary N) is 3. The highest BCUT2D eigenvalue weighted by Gasteiger charge is 2.15. The Morgan fingerprint density at radius 1 is 0.714 bits per heavy atom. The number of amides is 2. The van der Waals surface area contributed by atoms with Crippen molar-refractivity contribution in [2.75, 3.05) is 49.9 Å². The molecule has 2 aliphatic heterocycles. The van der Waals surface area contributed by atoms with E-state index >= 15 is 0 Å². The van der Waals surface area contributed by atoms with Crippen molar-refractivity contribution in [3.05, 3.63) is 46.6 Å². The van der Waals surface area contributed by atoms with E-state index in [0.717, 1.165) is 39.3 Å². The topological polar surface area (TPSA) is 97.5 Å². The normalized spacial score (nSPS) is 16.8. The second kappa shape index (κ2) is 10.6. The molecule has 0 atom stereocenters. The summed E-state index contributed by atoms with van der Waals surface area (Å²) in [5, 5.41) is 7.03. The number of rotatable bonds is 8. The van der Waals surface area contributed by atoms with E-state index in [1.54, 1.807) is 36.4 Å². The monoisotopic (exact) mass is 475 g/mol. The number of aromatic nitrogens is 1. The van der Waals surface area contributed by atoms with Crippen LogP contribution in [0, 0.1) is 0 Å². The van der Waals surface area contributed by atoms with Gasteiger partial charge in [0.2, 0.25) is 11.8 Å². The number of anilines is 2. The molecule has 0 bridgehead atoms. The van der Waals surface area contributed by atoms with Gasteiger partial charge in [0.1, 0.15) is 0 Å². The molecule has 3 aromatic rings. The van der Waals surface area contributed by atoms with Gasteiger partial charge in [-0.15, -0.1) is 0 Å². The van der Waals surface area contributed by atoms with E-state index in [4.69, 9.17) is 0 Å². The van der Waals surface area contributed by atoms with Crippen LogP contribution in [0.25, 0.3) is 21.8 Å². The molecule has 3 N–H and O–H groups in total. The van der Waals surface area contributed by atoms with Crippen LogP contribution in [0.3, 0.4) is 0 Å². The maximum atomic E-state index is 13.0. The van der Waals surface area contributed by atoms with Gasteiger partial charge >= 0.3 is 0 Å². The minimum atomic E-state index is -0.0763. The second-order valence-electron chi connectivity index (χ2n) is 9.67. The molecule has 2 saturated heterocycles. The van der Waals surface area contributed by atoms with Crippen molar-refractivity contribution in [1.82, 2.24) is 14.8 Å². The smallest absolute Gasteiger partial charge is 0.225 e. The summed E-state index contributed by atoms with van der Waals surface area (Å²) < 4.78 is 0. The number of carbonyl (C=O) groups is 2. The molecule has 0 aliphatic carbocycles. The van der Waals surface area contributed by atoms with Crippen LogP contribution in [0.5, 0.6) is 0 Å². The zero-order chi connectivity index (χ0) is 24.2. The Morgan fingerprint density at radius 3 is 1.57 bits per heavy atom. The number of hydrogen-bond donors (Lipinski definition) is 3. The summed E-state index contributed by atoms with van der Waals surface area (Å²) in [4.78, 5) is 45.8. The van der Waals surface area contributed by atoms with E-state index in [2.05, 4.69) is 25.4 Å². The molecule has 0 unspecified atom stereocenters. The van der Waals surface area contributed by atoms with E-state index in [1.807, 2.05) is 0 Å². The number of carbonyl (C=O) groups excluding carboxylic acids is 2. The fourth-order valence-corrected chi connectivity index (χ4v) is 5.12. The summed E-state index contributed by atoms with van der Waals surface area (Å²) >= 11 is 0. The first-order valence-corrected chi connectivity index (χ1v) is 12.7. The van der Waals surface area contributed by atoms with E-state index < -0.39 is 0 Å². The van der Waals surface area contributed by atoms with Gasteiger partial charge in [-0.25, -0.2) is 0 Å². The summed E-state index contributed by atoms with van der Waals surface area (Å²) in [6.45, 7) is 5.81. The Morgan fingerprint density at radius 2 is 1.14 bits per heavy atom. The predicted octanol–water partition coefficient (Wildman–Crippen LogP) is 3.53. The molecule has 8 heteroatoms. The van der Waals surface area contributed by atoms with Crippen LogP contribution in [-0.4, -0.2) is 65.9 Å². The largest absolute Gasteiger partial charge is 0.354 e. The van der Waals surface area contributed by atoms with Gasteiger partial charge in [-0.1, -0.05) is 0 Å². The summed E-state index contributed by atoms with van der Waals surface area (Å²) in [5.74, 6) is -0.0587. The second-order valence-corrected chi connectivity index (χ2v) is 9.67. The lowest BCUT2D eigenvalue weighted by molar-refractivity contribution is -0.117. The molecule has 2 fully saturated rings. The highest BCUT2D eigenvalue weighted by Crippen LogP contribution is 2.22. The van der Waals surface area contributed by atoms with Crippen molar-refractivity contribution in [2.24, 2.45) is 0 Å². The molecule has 0 saturated carbocycles. The first-order chi connectivity index (χ1) is 17.0. The van der Waals surface area contributed by atoms with E-state index in [0.29, 0.717) is 46.0 Å². The maximum Gasteiger partial charge on any atom is 0.225 e. The molecule has 5 rings (SSSR count). The van der Waals surface area contributed by atoms with E-state index in [1.165, 1.54) is 25.7 Å². The van der Waals surface area contributed by atoms with E-state index in [9.17, 15) is 14.4 Å². The lowest BCUT2D eigenvalue weighted by Crippen LogP contribution is -2.25. The highest BCUT2D eigenvalue weighted by atomic mass is 16.2. The third-order valence-electron chi connectivity index (χ3n) is 7.07. The zero-order valence-electron chi connectivity index (χ0n) is 20.1. The molecule has 2 aliphatic rings. The number of likely N-dealkylation sites (tertiary alicyclic amines) is 2. The Labute approximate surface area is 204 Å². The third kappa shape index (κ3) is 5.71. The number of pyridine rings is 1. The average molecular weight is 476 g/mol. The quantitative estimate of drug-likeness (QED) is 0.433. The van der Waals surface area contributed by atoms with Crippen molar-refractivity contribution >= 4 is 45.0 Å². The minimum Gasteiger partial charge on any atom is -0.354 e. The van der Waals surface area contributed by atoms with Crippen LogP contribution in [0.4, 0.5) is 11.4 Å². The van der Waals surface area contributed by atoms with Gasteiger partial charge in [-0.3, -0.25) is 14.4 Å². The van der Waals surface area contributed by atoms with Gasteiger partial charge in [0.05, 0.1) is 11.0 Å². The Hall–Kier alpha value is -3.23. The maximum absolute atomic E-state index is 13.0. The van der Waals surface area contributed by atoms with Gasteiger partial charge in [0.15, 0.2) is 5.43 Å². The number of fused-ring (bicyclic) bond motifs is 2. The Balaban J connectivity index is 1.28. The molecule has 184 valence electrons. The van der Waals surface area contributed by atoms with Crippen molar-refractivity contribution in [2.45, 2.75) is 38.5 Å². The minimum absolute atomic E-state index is 0.0293. The molecule has 0 radical (unpaired) electrons. The standard InChI is InChI=1S/C27H33N5O3/c33-25(9-15-31-11-1-2-12-31)28-19-5-7-21-23(17-19)30-24-18-20(6-8-22(24)27(21)35)29-26(34)10-16-32-13-3-4-14-32/h5-8,17-18H,1-4,9-16H2,(H,28,33)(H,29,34)(H,30,35). The van der Waals surface area contributed by atoms with Crippen LogP contribution in [-0.2, 0) is 9.59 Å². The fourth-order valence-electron chi connectivity index (χ4n) is 5.12. The van der Waals surface area contributed by atoms with E-state index in [-0.39, 0.29) is 17.2 Å². The van der Waals surface area contributed by atoms with Gasteiger partial charge in [0, 0.05) is 48.1 Å². The molecule has 0 spiro atoms. The molecule has 2 amide bonds. The van der Waals surface area contributed by atoms with Gasteiger partial charge in [-0.2, -0.15) is 0 Å². The van der Waals surface area contributed by atoms with Crippen LogP contribution in [0.2, 0.25) is 0 Å². The summed E-state index contributed by atoms with van der Waals surface area (Å²) in [6.07, 6.45) is 5.73. The zero-order valence-corrected chi connectivity index (χ0v) is 20.1. The number of hydrogen-bond acceptors (Lipinski definition) is 5. The summed E-state index contributed by atoms with van der Waals surface area (Å²) in [5.41, 5.74) is 2.54. The lowest BCUT2D eigenvalue weighted by Gasteiger charge is -2.14. The van der Waals surface area contributed by atoms with Crippen LogP contribution in [0.1, 0.15) is 38.5 Å². The summed E-state index contributed by atoms with van der Waals surface area (Å²) in [6, 6.07) is 10.6. The molecule has 8 nitrogen and oxygen atoms in total. The number of H-pyrrole nitrogens is 1. The first kappa shape index (κ1) is 23.5. The fraction of sp³-hybridized carbons (Fsp3) is 0.444. The molecule has 2 aromatic carbocycles. The first-order valence-electron chi connectivity index (χ1n) is 12.7. The van der Waals surface area contributed by atoms with Crippen LogP contribution < -0.4 is 16.1 Å². The Kier molecular flexibility index (Phi) is 7.11. The average Bonchev–Trinajstić information content (AvgIpc) is 3.56. The van der Waals surface area contributed by atoms with Crippen LogP contribution in [0.15, 0.2) is 41.2 Å². The van der Waals surface area contributed by atoms with Gasteiger partial charge in [-0.05, 0) is 88.3 Å². The molecular weight excluding hydrogens is 442 g/mol. The highest BCUT2D eigenvalue weighted by molar-refractivity contribution is 5.99. The number of benzene rings is 2. The number of aromatic amines is 1. The van der Waals surface area contributed by atoms with Crippen molar-refractivity contribution < 1.29 is 9.59 Å². The third-order valence-corrected chi connectivity index (χ3v) is 7.07. The molecular formula is C27H33N5O3. The van der Waals surface area contributed by atoms with Crippen molar-refractivity contribution in [3.8, 4) is 0 Å². The van der Waals surface area contributed by atoms with Crippen molar-refractivity contribution in [1.29, 1.82) is 0 Å². The van der Waals surface area contributed by atoms with Gasteiger partial charge in [0.25, 0.3) is 0 Å². The summed E-state index contributed by atoms with van der Waals surface area (Å²) in [7, 11) is 0. The lowest BCUT2D eigenvalue weighted by atomic mass is 10.1. The number of nitrogens with zero attached hydrogens (tertiary/aromatic N) is 2. The molecule has 3 heterocycles.